The maximum Gasteiger partial charge on any atom is 0.223 e. The van der Waals surface area contributed by atoms with E-state index in [1.807, 2.05) is 0 Å². The lowest BCUT2D eigenvalue weighted by atomic mass is 9.88. The van der Waals surface area contributed by atoms with E-state index in [2.05, 4.69) is 28.2 Å². The first-order valence-corrected chi connectivity index (χ1v) is 6.72. The summed E-state index contributed by atoms with van der Waals surface area (Å²) in [6.07, 6.45) is 6.95. The Labute approximate surface area is 95.0 Å². The van der Waals surface area contributed by atoms with Crippen LogP contribution in [0, 0.1) is 5.92 Å². The zero-order chi connectivity index (χ0) is 10.4. The van der Waals surface area contributed by atoms with Crippen LogP contribution in [-0.2, 0) is 4.79 Å². The van der Waals surface area contributed by atoms with Gasteiger partial charge in [-0.3, -0.25) is 4.79 Å². The van der Waals surface area contributed by atoms with Crippen molar-refractivity contribution in [3.05, 3.63) is 0 Å². The molecule has 0 bridgehead atoms. The van der Waals surface area contributed by atoms with Crippen molar-refractivity contribution in [3.63, 3.8) is 0 Å². The van der Waals surface area contributed by atoms with Gasteiger partial charge in [-0.2, -0.15) is 0 Å². The molecule has 1 aliphatic carbocycles. The van der Waals surface area contributed by atoms with Gasteiger partial charge in [-0.15, -0.1) is 0 Å². The van der Waals surface area contributed by atoms with Crippen LogP contribution in [0.5, 0.6) is 0 Å². The van der Waals surface area contributed by atoms with Crippen molar-refractivity contribution in [1.29, 1.82) is 0 Å². The first-order chi connectivity index (χ1) is 6.74. The van der Waals surface area contributed by atoms with E-state index in [0.717, 1.165) is 24.6 Å². The molecule has 0 aromatic carbocycles. The molecule has 1 amide bonds. The van der Waals surface area contributed by atoms with E-state index in [-0.39, 0.29) is 5.91 Å². The van der Waals surface area contributed by atoms with E-state index < -0.39 is 0 Å². The molecule has 1 unspecified atom stereocenters. The fourth-order valence-electron chi connectivity index (χ4n) is 1.96. The van der Waals surface area contributed by atoms with E-state index in [1.54, 1.807) is 0 Å². The molecule has 3 heteroatoms. The van der Waals surface area contributed by atoms with Gasteiger partial charge in [-0.25, -0.2) is 0 Å². The minimum absolute atomic E-state index is 0.276. The molecular formula is C11H20BrNO. The zero-order valence-corrected chi connectivity index (χ0v) is 10.5. The SMILES string of the molecule is CC(CCBr)NC(=O)C1CCCCC1. The van der Waals surface area contributed by atoms with Crippen molar-refractivity contribution in [2.45, 2.75) is 51.5 Å². The molecule has 82 valence electrons. The van der Waals surface area contributed by atoms with Crippen LogP contribution >= 0.6 is 15.9 Å². The summed E-state index contributed by atoms with van der Waals surface area (Å²) in [6, 6.07) is 0.309. The van der Waals surface area contributed by atoms with Crippen molar-refractivity contribution in [2.75, 3.05) is 5.33 Å². The molecule has 0 aromatic heterocycles. The van der Waals surface area contributed by atoms with Crippen molar-refractivity contribution in [3.8, 4) is 0 Å². The summed E-state index contributed by atoms with van der Waals surface area (Å²) in [7, 11) is 0. The van der Waals surface area contributed by atoms with Crippen LogP contribution in [-0.4, -0.2) is 17.3 Å². The molecule has 1 fully saturated rings. The van der Waals surface area contributed by atoms with E-state index in [4.69, 9.17) is 0 Å². The van der Waals surface area contributed by atoms with Gasteiger partial charge >= 0.3 is 0 Å². The van der Waals surface area contributed by atoms with Crippen molar-refractivity contribution in [1.82, 2.24) is 5.32 Å². The average Bonchev–Trinajstić information content (AvgIpc) is 2.19. The Morgan fingerprint density at radius 2 is 2.07 bits per heavy atom. The van der Waals surface area contributed by atoms with Gasteiger partial charge in [0.05, 0.1) is 0 Å². The molecule has 0 saturated heterocycles. The summed E-state index contributed by atoms with van der Waals surface area (Å²) in [4.78, 5) is 11.8. The number of halogens is 1. The summed E-state index contributed by atoms with van der Waals surface area (Å²) in [6.45, 7) is 2.07. The third kappa shape index (κ3) is 3.99. The summed E-state index contributed by atoms with van der Waals surface area (Å²) < 4.78 is 0. The summed E-state index contributed by atoms with van der Waals surface area (Å²) in [5.41, 5.74) is 0. The molecule has 14 heavy (non-hydrogen) atoms. The van der Waals surface area contributed by atoms with E-state index in [0.29, 0.717) is 12.0 Å². The molecule has 1 aliphatic rings. The van der Waals surface area contributed by atoms with Crippen molar-refractivity contribution >= 4 is 21.8 Å². The van der Waals surface area contributed by atoms with Crippen LogP contribution in [0.1, 0.15) is 45.4 Å². The summed E-state index contributed by atoms with van der Waals surface area (Å²) in [5, 5.41) is 4.04. The predicted molar refractivity (Wildman–Crippen MR) is 62.6 cm³/mol. The smallest absolute Gasteiger partial charge is 0.223 e. The van der Waals surface area contributed by atoms with Gasteiger partial charge < -0.3 is 5.32 Å². The summed E-state index contributed by atoms with van der Waals surface area (Å²) in [5.74, 6) is 0.569. The van der Waals surface area contributed by atoms with E-state index >= 15 is 0 Å². The van der Waals surface area contributed by atoms with Gasteiger partial charge in [-0.05, 0) is 26.2 Å². The molecule has 1 N–H and O–H groups in total. The predicted octanol–water partition coefficient (Wildman–Crippen LogP) is 2.86. The number of rotatable bonds is 4. The van der Waals surface area contributed by atoms with Gasteiger partial charge in [-0.1, -0.05) is 35.2 Å². The highest BCUT2D eigenvalue weighted by Gasteiger charge is 2.21. The Morgan fingerprint density at radius 3 is 2.64 bits per heavy atom. The number of carbonyl (C=O) groups excluding carboxylic acids is 1. The molecule has 2 nitrogen and oxygen atoms in total. The highest BCUT2D eigenvalue weighted by Crippen LogP contribution is 2.23. The zero-order valence-electron chi connectivity index (χ0n) is 8.89. The van der Waals surface area contributed by atoms with Crippen LogP contribution in [0.15, 0.2) is 0 Å². The second kappa shape index (κ2) is 6.44. The number of amides is 1. The topological polar surface area (TPSA) is 29.1 Å². The molecule has 0 aromatic rings. The Hall–Kier alpha value is -0.0500. The lowest BCUT2D eigenvalue weighted by molar-refractivity contribution is -0.126. The number of nitrogens with one attached hydrogen (secondary N) is 1. The Kier molecular flexibility index (Phi) is 5.53. The lowest BCUT2D eigenvalue weighted by Gasteiger charge is -2.22. The molecule has 0 radical (unpaired) electrons. The monoisotopic (exact) mass is 261 g/mol. The largest absolute Gasteiger partial charge is 0.353 e. The van der Waals surface area contributed by atoms with Gasteiger partial charge in [0, 0.05) is 17.3 Å². The highest BCUT2D eigenvalue weighted by molar-refractivity contribution is 9.09. The number of hydrogen-bond acceptors (Lipinski definition) is 1. The van der Waals surface area contributed by atoms with Gasteiger partial charge in [0.1, 0.15) is 0 Å². The third-order valence-electron chi connectivity index (χ3n) is 2.91. The molecule has 1 atom stereocenters. The number of alkyl halides is 1. The first-order valence-electron chi connectivity index (χ1n) is 5.60. The standard InChI is InChI=1S/C11H20BrNO/c1-9(7-8-12)13-11(14)10-5-3-2-4-6-10/h9-10H,2-8H2,1H3,(H,13,14). The molecule has 1 saturated carbocycles. The normalized spacial score (nSPS) is 20.4. The van der Waals surface area contributed by atoms with E-state index in [1.165, 1.54) is 19.3 Å². The van der Waals surface area contributed by atoms with Crippen LogP contribution < -0.4 is 5.32 Å². The third-order valence-corrected chi connectivity index (χ3v) is 3.36. The van der Waals surface area contributed by atoms with Crippen LogP contribution in [0.2, 0.25) is 0 Å². The first kappa shape index (κ1) is 12.0. The molecule has 0 spiro atoms. The molecule has 1 rings (SSSR count). The fourth-order valence-corrected chi connectivity index (χ4v) is 2.65. The van der Waals surface area contributed by atoms with Crippen LogP contribution in [0.25, 0.3) is 0 Å². The average molecular weight is 262 g/mol. The second-order valence-corrected chi connectivity index (χ2v) is 5.02. The highest BCUT2D eigenvalue weighted by atomic mass is 79.9. The van der Waals surface area contributed by atoms with Gasteiger partial charge in [0.2, 0.25) is 5.91 Å². The molecular weight excluding hydrogens is 242 g/mol. The van der Waals surface area contributed by atoms with Gasteiger partial charge in [0.25, 0.3) is 0 Å². The van der Waals surface area contributed by atoms with Crippen LogP contribution in [0.3, 0.4) is 0 Å². The van der Waals surface area contributed by atoms with Crippen LogP contribution in [0.4, 0.5) is 0 Å². The van der Waals surface area contributed by atoms with Crippen molar-refractivity contribution in [2.24, 2.45) is 5.92 Å². The minimum Gasteiger partial charge on any atom is -0.353 e. The second-order valence-electron chi connectivity index (χ2n) is 4.22. The maximum atomic E-state index is 11.8. The Balaban J connectivity index is 2.25. The van der Waals surface area contributed by atoms with Crippen molar-refractivity contribution < 1.29 is 4.79 Å². The Morgan fingerprint density at radius 1 is 1.43 bits per heavy atom. The molecule has 0 aliphatic heterocycles. The number of hydrogen-bond donors (Lipinski definition) is 1. The maximum absolute atomic E-state index is 11.8. The molecule has 0 heterocycles. The minimum atomic E-state index is 0.276. The lowest BCUT2D eigenvalue weighted by Crippen LogP contribution is -2.38. The Bertz CT molecular complexity index is 178. The summed E-state index contributed by atoms with van der Waals surface area (Å²) >= 11 is 3.38. The van der Waals surface area contributed by atoms with Gasteiger partial charge in [0.15, 0.2) is 0 Å². The van der Waals surface area contributed by atoms with E-state index in [9.17, 15) is 4.79 Å². The quantitative estimate of drug-likeness (QED) is 0.775. The number of carbonyl (C=O) groups is 1. The fraction of sp³-hybridized carbons (Fsp3) is 0.909.